The van der Waals surface area contributed by atoms with Gasteiger partial charge < -0.3 is 18.3 Å². The second-order valence-corrected chi connectivity index (χ2v) is 12.1. The summed E-state index contributed by atoms with van der Waals surface area (Å²) in [5, 5.41) is 2.30. The van der Waals surface area contributed by atoms with Gasteiger partial charge in [-0.15, -0.1) is 0 Å². The second kappa shape index (κ2) is 12.1. The van der Waals surface area contributed by atoms with Crippen molar-refractivity contribution in [1.82, 2.24) is 9.15 Å². The van der Waals surface area contributed by atoms with Crippen LogP contribution in [0.15, 0.2) is 57.4 Å². The van der Waals surface area contributed by atoms with E-state index in [4.69, 9.17) is 18.3 Å². The van der Waals surface area contributed by atoms with E-state index in [1.165, 1.54) is 56.1 Å². The smallest absolute Gasteiger partial charge is 0.368 e. The lowest BCUT2D eigenvalue weighted by Gasteiger charge is -2.23. The molecule has 0 atom stereocenters. The van der Waals surface area contributed by atoms with Crippen LogP contribution in [0.5, 0.6) is 11.5 Å². The molecule has 0 saturated carbocycles. The fraction of sp³-hybridized carbons (Fsp3) is 0.486. The second-order valence-electron chi connectivity index (χ2n) is 12.1. The minimum absolute atomic E-state index is 0.823. The van der Waals surface area contributed by atoms with Crippen molar-refractivity contribution in [2.75, 3.05) is 40.4 Å². The third-order valence-electron chi connectivity index (χ3n) is 9.41. The molecule has 6 rings (SSSR count). The zero-order chi connectivity index (χ0) is 28.3. The third-order valence-corrected chi connectivity index (χ3v) is 9.41. The molecule has 0 aliphatic carbocycles. The fourth-order valence-electron chi connectivity index (χ4n) is 6.78. The lowest BCUT2D eigenvalue weighted by atomic mass is 9.87. The number of ether oxygens (including phenoxy) is 2. The maximum Gasteiger partial charge on any atom is 0.368 e. The number of rotatable bonds is 6. The van der Waals surface area contributed by atoms with Crippen LogP contribution in [0.4, 0.5) is 0 Å². The minimum atomic E-state index is 0.823. The van der Waals surface area contributed by atoms with E-state index in [0.29, 0.717) is 0 Å². The van der Waals surface area contributed by atoms with Gasteiger partial charge in [0.25, 0.3) is 0 Å². The molecule has 0 bridgehead atoms. The van der Waals surface area contributed by atoms with Crippen LogP contribution in [0, 0.1) is 25.7 Å². The fourth-order valence-corrected chi connectivity index (χ4v) is 6.78. The Labute approximate surface area is 242 Å². The van der Waals surface area contributed by atoms with E-state index in [9.17, 15) is 0 Å². The third kappa shape index (κ3) is 6.07. The van der Waals surface area contributed by atoms with E-state index in [-0.39, 0.29) is 0 Å². The monoisotopic (exact) mass is 556 g/mol. The van der Waals surface area contributed by atoms with Gasteiger partial charge in [-0.05, 0) is 73.9 Å². The highest BCUT2D eigenvalue weighted by Crippen LogP contribution is 2.26. The molecule has 2 fully saturated rings. The van der Waals surface area contributed by atoms with Gasteiger partial charge >= 0.3 is 11.1 Å². The van der Waals surface area contributed by atoms with Crippen LogP contribution in [0.2, 0.25) is 0 Å². The van der Waals surface area contributed by atoms with Crippen molar-refractivity contribution in [1.29, 1.82) is 0 Å². The van der Waals surface area contributed by atoms with E-state index in [2.05, 4.69) is 47.3 Å². The van der Waals surface area contributed by atoms with Gasteiger partial charge in [-0.2, -0.15) is 9.15 Å². The maximum atomic E-state index is 6.33. The first kappa shape index (κ1) is 27.6. The number of benzene rings is 2. The first-order valence-electron chi connectivity index (χ1n) is 15.3. The van der Waals surface area contributed by atoms with Crippen LogP contribution in [0.25, 0.3) is 21.9 Å². The number of aryl methyl sites for hydroxylation is 2. The molecule has 0 radical (unpaired) electrons. The molecule has 216 valence electrons. The Morgan fingerprint density at radius 1 is 0.634 bits per heavy atom. The predicted octanol–water partition coefficient (Wildman–Crippen LogP) is 6.05. The van der Waals surface area contributed by atoms with Crippen LogP contribution in [-0.2, 0) is 0 Å². The van der Waals surface area contributed by atoms with Gasteiger partial charge in [-0.3, -0.25) is 0 Å². The molecule has 4 aromatic rings. The highest BCUT2D eigenvalue weighted by Gasteiger charge is 2.25. The summed E-state index contributed by atoms with van der Waals surface area (Å²) in [5.41, 5.74) is 6.28. The summed E-state index contributed by atoms with van der Waals surface area (Å²) in [6.07, 6.45) is 9.02. The number of hydrogen-bond donors (Lipinski definition) is 0. The van der Waals surface area contributed by atoms with E-state index in [1.54, 1.807) is 14.2 Å². The SMILES string of the molecule is COc1ccc2c(C)cc(=[N+]3CCC(CCCC4CC[N+](=c5cc(C)c6ccc(OC)cc6o5)CC4)CC3)oc2c1. The van der Waals surface area contributed by atoms with Crippen LogP contribution >= 0.6 is 0 Å². The Balaban J connectivity index is 1.02. The van der Waals surface area contributed by atoms with E-state index in [0.717, 1.165) is 82.6 Å². The van der Waals surface area contributed by atoms with Gasteiger partial charge in [0.15, 0.2) is 0 Å². The average molecular weight is 557 g/mol. The quantitative estimate of drug-likeness (QED) is 0.272. The van der Waals surface area contributed by atoms with E-state index >= 15 is 0 Å². The molecule has 2 saturated heterocycles. The van der Waals surface area contributed by atoms with Crippen LogP contribution in [0.1, 0.15) is 56.1 Å². The molecule has 6 nitrogen and oxygen atoms in total. The molecule has 2 aromatic carbocycles. The number of piperidine rings is 2. The summed E-state index contributed by atoms with van der Waals surface area (Å²) in [7, 11) is 3.40. The van der Waals surface area contributed by atoms with Gasteiger partial charge in [-0.1, -0.05) is 6.42 Å². The summed E-state index contributed by atoms with van der Waals surface area (Å²) >= 11 is 0. The van der Waals surface area contributed by atoms with E-state index < -0.39 is 0 Å². The Kier molecular flexibility index (Phi) is 8.18. The molecule has 2 aliphatic rings. The lowest BCUT2D eigenvalue weighted by molar-refractivity contribution is 0.266. The first-order chi connectivity index (χ1) is 20.0. The summed E-state index contributed by atoms with van der Waals surface area (Å²) in [6, 6.07) is 16.6. The molecule has 2 aliphatic heterocycles. The number of hydrogen-bond acceptors (Lipinski definition) is 4. The molecule has 6 heteroatoms. The Bertz CT molecular complexity index is 1550. The Morgan fingerprint density at radius 3 is 1.44 bits per heavy atom. The molecule has 41 heavy (non-hydrogen) atoms. The minimum Gasteiger partial charge on any atom is -0.497 e. The summed E-state index contributed by atoms with van der Waals surface area (Å²) in [4.78, 5) is 0. The van der Waals surface area contributed by atoms with Crippen LogP contribution < -0.4 is 29.7 Å². The predicted molar refractivity (Wildman–Crippen MR) is 164 cm³/mol. The summed E-state index contributed by atoms with van der Waals surface area (Å²) in [6.45, 7) is 8.62. The normalized spacial score (nSPS) is 19.6. The van der Waals surface area contributed by atoms with Gasteiger partial charge in [0.2, 0.25) is 0 Å². The number of methoxy groups -OCH3 is 2. The molecular weight excluding hydrogens is 512 g/mol. The van der Waals surface area contributed by atoms with Crippen molar-refractivity contribution >= 4 is 21.9 Å². The lowest BCUT2D eigenvalue weighted by Crippen LogP contribution is -2.38. The van der Waals surface area contributed by atoms with Crippen LogP contribution in [0.3, 0.4) is 0 Å². The molecule has 0 amide bonds. The summed E-state index contributed by atoms with van der Waals surface area (Å²) < 4.78 is 28.3. The molecular formula is C35H44N2O4+2. The summed E-state index contributed by atoms with van der Waals surface area (Å²) in [5.74, 6) is 3.32. The average Bonchev–Trinajstić information content (AvgIpc) is 3.01. The van der Waals surface area contributed by atoms with Crippen molar-refractivity contribution < 1.29 is 18.3 Å². The zero-order valence-corrected chi connectivity index (χ0v) is 25.1. The first-order valence-corrected chi connectivity index (χ1v) is 15.3. The van der Waals surface area contributed by atoms with Crippen LogP contribution in [-0.4, -0.2) is 40.4 Å². The molecule has 0 unspecified atom stereocenters. The molecule has 4 heterocycles. The topological polar surface area (TPSA) is 50.8 Å². The standard InChI is InChI=1S/C35H44N2O4/c1-24-20-34(40-32-22-28(38-3)8-10-30(24)32)36-16-12-26(13-17-36)6-5-7-27-14-18-37(19-15-27)35-21-25(2)31-11-9-29(39-4)23-33(31)41-35/h8-11,20-23,26-27H,5-7,12-19H2,1-4H3/q+2. The molecule has 0 spiro atoms. The molecule has 0 N–H and O–H groups in total. The number of fused-ring (bicyclic) bond motifs is 2. The van der Waals surface area contributed by atoms with Crippen molar-refractivity contribution in [2.24, 2.45) is 11.8 Å². The van der Waals surface area contributed by atoms with Gasteiger partial charge in [0.1, 0.15) is 48.8 Å². The van der Waals surface area contributed by atoms with Crippen molar-refractivity contribution in [2.45, 2.75) is 58.8 Å². The van der Waals surface area contributed by atoms with E-state index in [1.807, 2.05) is 24.3 Å². The van der Waals surface area contributed by atoms with Crippen molar-refractivity contribution in [3.8, 4) is 11.5 Å². The zero-order valence-electron chi connectivity index (χ0n) is 25.1. The Morgan fingerprint density at radius 2 is 1.05 bits per heavy atom. The van der Waals surface area contributed by atoms with Crippen molar-refractivity contribution in [3.05, 3.63) is 70.8 Å². The largest absolute Gasteiger partial charge is 0.497 e. The van der Waals surface area contributed by atoms with Gasteiger partial charge in [0.05, 0.1) is 26.4 Å². The number of nitrogens with zero attached hydrogens (tertiary/aromatic N) is 2. The Hall–Kier alpha value is -3.54. The highest BCUT2D eigenvalue weighted by atomic mass is 16.5. The van der Waals surface area contributed by atoms with Gasteiger partial charge in [-0.25, -0.2) is 0 Å². The van der Waals surface area contributed by atoms with Gasteiger partial charge in [0, 0.05) is 48.6 Å². The highest BCUT2D eigenvalue weighted by molar-refractivity contribution is 5.81. The molecule has 2 aromatic heterocycles. The van der Waals surface area contributed by atoms with Crippen molar-refractivity contribution in [3.63, 3.8) is 0 Å². The maximum absolute atomic E-state index is 6.33.